The van der Waals surface area contributed by atoms with Crippen LogP contribution in [0.2, 0.25) is 0 Å². The minimum atomic E-state index is -0.773. The van der Waals surface area contributed by atoms with Gasteiger partial charge >= 0.3 is 0 Å². The highest BCUT2D eigenvalue weighted by atomic mass is 79.9. The third kappa shape index (κ3) is 3.53. The molecule has 0 radical (unpaired) electrons. The van der Waals surface area contributed by atoms with Gasteiger partial charge in [-0.3, -0.25) is 4.79 Å². The Bertz CT molecular complexity index is 447. The fourth-order valence-corrected chi connectivity index (χ4v) is 1.93. The molecule has 1 amide bonds. The number of nitrogens with two attached hydrogens (primary N) is 1. The van der Waals surface area contributed by atoms with Crippen LogP contribution in [0.5, 0.6) is 0 Å². The number of thiocarbonyl (C=S) groups is 1. The van der Waals surface area contributed by atoms with Gasteiger partial charge in [-0.15, -0.1) is 0 Å². The highest BCUT2D eigenvalue weighted by molar-refractivity contribution is 9.10. The maximum absolute atomic E-state index is 12.1. The molecule has 0 aliphatic rings. The van der Waals surface area contributed by atoms with E-state index in [2.05, 4.69) is 21.2 Å². The lowest BCUT2D eigenvalue weighted by Gasteiger charge is -2.25. The Morgan fingerprint density at radius 2 is 2.00 bits per heavy atom. The number of carbonyl (C=O) groups excluding carboxylic acids is 1. The number of benzene rings is 1. The van der Waals surface area contributed by atoms with E-state index in [1.807, 2.05) is 31.2 Å². The molecule has 1 rings (SSSR count). The van der Waals surface area contributed by atoms with Gasteiger partial charge in [0.05, 0.1) is 10.4 Å². The summed E-state index contributed by atoms with van der Waals surface area (Å²) in [5.41, 5.74) is 5.90. The van der Waals surface area contributed by atoms with Crippen LogP contribution in [-0.4, -0.2) is 10.9 Å². The van der Waals surface area contributed by atoms with E-state index in [0.717, 1.165) is 10.0 Å². The van der Waals surface area contributed by atoms with Crippen molar-refractivity contribution in [3.63, 3.8) is 0 Å². The van der Waals surface area contributed by atoms with Gasteiger partial charge in [0.15, 0.2) is 0 Å². The molecule has 0 spiro atoms. The summed E-state index contributed by atoms with van der Waals surface area (Å²) in [6.45, 7) is 4.15. The largest absolute Gasteiger partial charge is 0.392 e. The molecule has 1 atom stereocenters. The van der Waals surface area contributed by atoms with Gasteiger partial charge in [-0.25, -0.2) is 0 Å². The van der Waals surface area contributed by atoms with Crippen LogP contribution in [0.15, 0.2) is 28.7 Å². The van der Waals surface area contributed by atoms with Crippen LogP contribution < -0.4 is 11.1 Å². The Hall–Kier alpha value is -0.940. The van der Waals surface area contributed by atoms with E-state index >= 15 is 0 Å². The summed E-state index contributed by atoms with van der Waals surface area (Å²) in [6, 6.07) is 7.78. The molecular formula is C13H17BrN2OS. The smallest absolute Gasteiger partial charge is 0.233 e. The molecule has 98 valence electrons. The van der Waals surface area contributed by atoms with E-state index in [9.17, 15) is 4.79 Å². The van der Waals surface area contributed by atoms with E-state index in [4.69, 9.17) is 18.0 Å². The molecule has 0 aliphatic heterocycles. The van der Waals surface area contributed by atoms with Gasteiger partial charge in [0.1, 0.15) is 0 Å². The molecule has 1 aromatic carbocycles. The molecule has 0 heterocycles. The van der Waals surface area contributed by atoms with Gasteiger partial charge in [-0.2, -0.15) is 0 Å². The van der Waals surface area contributed by atoms with E-state index in [1.54, 1.807) is 6.92 Å². The zero-order valence-electron chi connectivity index (χ0n) is 10.5. The molecule has 18 heavy (non-hydrogen) atoms. The standard InChI is InChI=1S/C13H17BrN2OS/c1-3-13(2,11(15)18)12(17)16-8-9-4-6-10(14)7-5-9/h4-7H,3,8H2,1-2H3,(H2,15,18)(H,16,17). The first-order valence-corrected chi connectivity index (χ1v) is 6.93. The lowest BCUT2D eigenvalue weighted by atomic mass is 9.86. The van der Waals surface area contributed by atoms with Crippen molar-refractivity contribution in [3.8, 4) is 0 Å². The van der Waals surface area contributed by atoms with Gasteiger partial charge in [0, 0.05) is 11.0 Å². The Balaban J connectivity index is 2.66. The number of nitrogens with one attached hydrogen (secondary N) is 1. The van der Waals surface area contributed by atoms with E-state index in [0.29, 0.717) is 13.0 Å². The molecule has 0 fully saturated rings. The predicted octanol–water partition coefficient (Wildman–Crippen LogP) is 2.77. The highest BCUT2D eigenvalue weighted by Crippen LogP contribution is 2.22. The summed E-state index contributed by atoms with van der Waals surface area (Å²) >= 11 is 8.33. The summed E-state index contributed by atoms with van der Waals surface area (Å²) in [5, 5.41) is 2.87. The zero-order chi connectivity index (χ0) is 13.8. The number of hydrogen-bond donors (Lipinski definition) is 2. The molecule has 0 saturated carbocycles. The summed E-state index contributed by atoms with van der Waals surface area (Å²) in [5.74, 6) is -0.125. The molecular weight excluding hydrogens is 312 g/mol. The third-order valence-electron chi connectivity index (χ3n) is 3.12. The van der Waals surface area contributed by atoms with Gasteiger partial charge in [0.2, 0.25) is 5.91 Å². The monoisotopic (exact) mass is 328 g/mol. The minimum Gasteiger partial charge on any atom is -0.392 e. The molecule has 0 bridgehead atoms. The number of rotatable bonds is 5. The van der Waals surface area contributed by atoms with Crippen molar-refractivity contribution in [2.24, 2.45) is 11.1 Å². The molecule has 0 aliphatic carbocycles. The first kappa shape index (κ1) is 15.1. The predicted molar refractivity (Wildman–Crippen MR) is 81.2 cm³/mol. The second kappa shape index (κ2) is 6.29. The normalized spacial score (nSPS) is 13.7. The van der Waals surface area contributed by atoms with Crippen molar-refractivity contribution in [1.29, 1.82) is 0 Å². The lowest BCUT2D eigenvalue weighted by Crippen LogP contribution is -2.46. The van der Waals surface area contributed by atoms with Crippen molar-refractivity contribution in [2.45, 2.75) is 26.8 Å². The van der Waals surface area contributed by atoms with Crippen molar-refractivity contribution < 1.29 is 4.79 Å². The number of hydrogen-bond acceptors (Lipinski definition) is 2. The van der Waals surface area contributed by atoms with Crippen LogP contribution in [0.1, 0.15) is 25.8 Å². The Kier molecular flexibility index (Phi) is 5.28. The maximum atomic E-state index is 12.1. The number of carbonyl (C=O) groups is 1. The van der Waals surface area contributed by atoms with Crippen LogP contribution in [-0.2, 0) is 11.3 Å². The van der Waals surface area contributed by atoms with Gasteiger partial charge < -0.3 is 11.1 Å². The van der Waals surface area contributed by atoms with Crippen LogP contribution in [0.3, 0.4) is 0 Å². The fraction of sp³-hybridized carbons (Fsp3) is 0.385. The summed E-state index contributed by atoms with van der Waals surface area (Å²) in [7, 11) is 0. The Morgan fingerprint density at radius 1 is 1.44 bits per heavy atom. The van der Waals surface area contributed by atoms with Crippen molar-refractivity contribution in [3.05, 3.63) is 34.3 Å². The zero-order valence-corrected chi connectivity index (χ0v) is 12.9. The molecule has 5 heteroatoms. The average molecular weight is 329 g/mol. The summed E-state index contributed by atoms with van der Waals surface area (Å²) < 4.78 is 1.01. The first-order chi connectivity index (χ1) is 8.40. The van der Waals surface area contributed by atoms with Crippen molar-refractivity contribution >= 4 is 39.0 Å². The van der Waals surface area contributed by atoms with Crippen LogP contribution in [0.25, 0.3) is 0 Å². The average Bonchev–Trinajstić information content (AvgIpc) is 2.36. The number of halogens is 1. The summed E-state index contributed by atoms with van der Waals surface area (Å²) in [6.07, 6.45) is 0.592. The van der Waals surface area contributed by atoms with Gasteiger partial charge in [-0.1, -0.05) is 47.2 Å². The minimum absolute atomic E-state index is 0.125. The van der Waals surface area contributed by atoms with Crippen LogP contribution in [0, 0.1) is 5.41 Å². The second-order valence-corrected chi connectivity index (χ2v) is 5.71. The molecule has 0 aromatic heterocycles. The van der Waals surface area contributed by atoms with Crippen LogP contribution in [0.4, 0.5) is 0 Å². The SMILES string of the molecule is CCC(C)(C(=O)NCc1ccc(Br)cc1)C(N)=S. The van der Waals surface area contributed by atoms with Gasteiger partial charge in [0.25, 0.3) is 0 Å². The highest BCUT2D eigenvalue weighted by Gasteiger charge is 2.34. The van der Waals surface area contributed by atoms with E-state index in [-0.39, 0.29) is 10.9 Å². The fourth-order valence-electron chi connectivity index (χ4n) is 1.43. The van der Waals surface area contributed by atoms with Crippen LogP contribution >= 0.6 is 28.1 Å². The van der Waals surface area contributed by atoms with E-state index < -0.39 is 5.41 Å². The van der Waals surface area contributed by atoms with Crippen molar-refractivity contribution in [1.82, 2.24) is 5.32 Å². The Morgan fingerprint density at radius 3 is 2.44 bits per heavy atom. The molecule has 1 aromatic rings. The van der Waals surface area contributed by atoms with Crippen molar-refractivity contribution in [2.75, 3.05) is 0 Å². The first-order valence-electron chi connectivity index (χ1n) is 5.73. The number of amides is 1. The third-order valence-corrected chi connectivity index (χ3v) is 4.10. The molecule has 3 N–H and O–H groups in total. The lowest BCUT2D eigenvalue weighted by molar-refractivity contribution is -0.127. The van der Waals surface area contributed by atoms with E-state index in [1.165, 1.54) is 0 Å². The quantitative estimate of drug-likeness (QED) is 0.817. The molecule has 1 unspecified atom stereocenters. The molecule has 3 nitrogen and oxygen atoms in total. The summed E-state index contributed by atoms with van der Waals surface area (Å²) in [4.78, 5) is 12.3. The van der Waals surface area contributed by atoms with Gasteiger partial charge in [-0.05, 0) is 31.0 Å². The second-order valence-electron chi connectivity index (χ2n) is 4.36. The maximum Gasteiger partial charge on any atom is 0.233 e. The molecule has 0 saturated heterocycles. The topological polar surface area (TPSA) is 55.1 Å². The Labute approximate surface area is 121 Å².